The molecule has 0 radical (unpaired) electrons. The minimum absolute atomic E-state index is 0.379. The number of anilines is 1. The molecule has 0 aliphatic carbocycles. The lowest BCUT2D eigenvalue weighted by Gasteiger charge is -2.38. The van der Waals surface area contributed by atoms with Gasteiger partial charge in [-0.1, -0.05) is 11.2 Å². The van der Waals surface area contributed by atoms with Crippen LogP contribution in [0.15, 0.2) is 34.9 Å². The zero-order valence-corrected chi connectivity index (χ0v) is 17.4. The molecule has 3 heterocycles. The molecule has 2 aromatic carbocycles. The highest BCUT2D eigenvalue weighted by atomic mass is 32.3. The van der Waals surface area contributed by atoms with Gasteiger partial charge in [-0.05, 0) is 50.1 Å². The second-order valence-electron chi connectivity index (χ2n) is 7.66. The Hall–Kier alpha value is -3.01. The molecule has 5 N–H and O–H groups in total. The van der Waals surface area contributed by atoms with Crippen LogP contribution in [0, 0.1) is 13.8 Å². The summed E-state index contributed by atoms with van der Waals surface area (Å²) in [4.78, 5) is 15.5. The fourth-order valence-electron chi connectivity index (χ4n) is 4.34. The van der Waals surface area contributed by atoms with E-state index in [1.54, 1.807) is 10.4 Å². The third-order valence-electron chi connectivity index (χ3n) is 5.70. The predicted molar refractivity (Wildman–Crippen MR) is 119 cm³/mol. The van der Waals surface area contributed by atoms with Crippen LogP contribution in [0.4, 0.5) is 5.69 Å². The van der Waals surface area contributed by atoms with Gasteiger partial charge in [-0.3, -0.25) is 18.2 Å². The van der Waals surface area contributed by atoms with Crippen molar-refractivity contribution in [3.63, 3.8) is 0 Å². The maximum absolute atomic E-state index is 12.2. The Morgan fingerprint density at radius 3 is 2.67 bits per heavy atom. The summed E-state index contributed by atoms with van der Waals surface area (Å²) in [6.07, 6.45) is 0.736. The van der Waals surface area contributed by atoms with Crippen LogP contribution in [-0.2, 0) is 0 Å². The molecule has 9 heteroatoms. The summed E-state index contributed by atoms with van der Waals surface area (Å²) >= 11 is 0. The number of carbonyl (C=O) groups excluding carboxylic acids is 1. The number of carbonyl (C=O) groups is 1. The van der Waals surface area contributed by atoms with E-state index in [4.69, 9.17) is 10.3 Å². The van der Waals surface area contributed by atoms with Gasteiger partial charge in [0.15, 0.2) is 0 Å². The van der Waals surface area contributed by atoms with Crippen molar-refractivity contribution in [2.75, 3.05) is 16.6 Å². The van der Waals surface area contributed by atoms with E-state index in [0.29, 0.717) is 29.1 Å². The first-order valence-electron chi connectivity index (χ1n) is 9.62. The molecule has 156 valence electrons. The van der Waals surface area contributed by atoms with E-state index >= 15 is 0 Å². The van der Waals surface area contributed by atoms with Crippen LogP contribution in [0.25, 0.3) is 32.9 Å². The summed E-state index contributed by atoms with van der Waals surface area (Å²) in [6.45, 7) is 4.28. The molecule has 1 amide bonds. The predicted octanol–water partition coefficient (Wildman–Crippen LogP) is 4.57. The van der Waals surface area contributed by atoms with Crippen molar-refractivity contribution in [3.8, 4) is 11.1 Å². The summed E-state index contributed by atoms with van der Waals surface area (Å²) in [5, 5.41) is 5.79. The van der Waals surface area contributed by atoms with Gasteiger partial charge in [0.2, 0.25) is 0 Å². The maximum Gasteiger partial charge on any atom is 0.250 e. The quantitative estimate of drug-likeness (QED) is 0.380. The molecule has 0 saturated carbocycles. The first kappa shape index (κ1) is 19.0. The van der Waals surface area contributed by atoms with Crippen LogP contribution < -0.4 is 10.0 Å². The first-order chi connectivity index (χ1) is 14.3. The number of aryl methyl sites for hydroxylation is 2. The molecule has 2 aromatic heterocycles. The van der Waals surface area contributed by atoms with Gasteiger partial charge in [0.1, 0.15) is 5.76 Å². The van der Waals surface area contributed by atoms with Crippen molar-refractivity contribution in [1.82, 2.24) is 10.1 Å². The molecule has 1 saturated heterocycles. The average Bonchev–Trinajstić information content (AvgIpc) is 3.34. The Labute approximate surface area is 174 Å². The number of nitrogens with two attached hydrogens (primary N) is 1. The number of fused-ring (bicyclic) bond motifs is 3. The molecule has 0 bridgehead atoms. The highest BCUT2D eigenvalue weighted by Crippen LogP contribution is 2.51. The van der Waals surface area contributed by atoms with Gasteiger partial charge in [-0.25, -0.2) is 0 Å². The number of aromatic nitrogens is 2. The Morgan fingerprint density at radius 1 is 1.23 bits per heavy atom. The Kier molecular flexibility index (Phi) is 4.11. The van der Waals surface area contributed by atoms with E-state index in [0.717, 1.165) is 45.2 Å². The van der Waals surface area contributed by atoms with Crippen LogP contribution in [-0.4, -0.2) is 37.5 Å². The smallest absolute Gasteiger partial charge is 0.250 e. The minimum atomic E-state index is -2.78. The standard InChI is InChI=1S/C21H22N4O4S/c1-11-19(12(2)29-24-11)13-8-16-15-5-4-14(25-6-3-7-30(25,27)28)10-18(15)23-20(16)17(9-13)21(22)26/h4-5,8-10,23,27-28H,3,6-7H2,1-2H3,(H2,22,26). The zero-order valence-electron chi connectivity index (χ0n) is 16.6. The SMILES string of the molecule is Cc1noc(C)c1-c1cc(C(N)=O)c2[nH]c3cc(N4CCCS4(O)O)ccc3c2c1. The van der Waals surface area contributed by atoms with Crippen LogP contribution in [0.1, 0.15) is 28.2 Å². The fourth-order valence-corrected chi connectivity index (χ4v) is 5.95. The minimum Gasteiger partial charge on any atom is -0.366 e. The van der Waals surface area contributed by atoms with Gasteiger partial charge in [-0.2, -0.15) is 0 Å². The molecule has 8 nitrogen and oxygen atoms in total. The number of hydrogen-bond acceptors (Lipinski definition) is 6. The van der Waals surface area contributed by atoms with Crippen molar-refractivity contribution in [3.05, 3.63) is 47.3 Å². The van der Waals surface area contributed by atoms with Gasteiger partial charge >= 0.3 is 0 Å². The highest BCUT2D eigenvalue weighted by Gasteiger charge is 2.29. The molecule has 0 unspecified atom stereocenters. The third kappa shape index (κ3) is 2.78. The van der Waals surface area contributed by atoms with Crippen LogP contribution in [0.3, 0.4) is 0 Å². The molecule has 30 heavy (non-hydrogen) atoms. The van der Waals surface area contributed by atoms with Gasteiger partial charge in [-0.15, -0.1) is 10.8 Å². The van der Waals surface area contributed by atoms with Crippen molar-refractivity contribution >= 4 is 44.2 Å². The molecule has 1 fully saturated rings. The topological polar surface area (TPSA) is 129 Å². The van der Waals surface area contributed by atoms with Gasteiger partial charge in [0, 0.05) is 28.4 Å². The number of aromatic amines is 1. The van der Waals surface area contributed by atoms with Crippen LogP contribution in [0.2, 0.25) is 0 Å². The fraction of sp³-hybridized carbons (Fsp3) is 0.238. The first-order valence-corrected chi connectivity index (χ1v) is 11.3. The second kappa shape index (κ2) is 6.49. The normalized spacial score (nSPS) is 17.1. The van der Waals surface area contributed by atoms with E-state index < -0.39 is 16.7 Å². The molecule has 4 aromatic rings. The molecule has 5 rings (SSSR count). The number of H-pyrrole nitrogens is 1. The molecular formula is C21H22N4O4S. The number of benzene rings is 2. The lowest BCUT2D eigenvalue weighted by atomic mass is 9.98. The summed E-state index contributed by atoms with van der Waals surface area (Å²) in [7, 11) is -2.78. The Morgan fingerprint density at radius 2 is 2.03 bits per heavy atom. The van der Waals surface area contributed by atoms with Gasteiger partial charge in [0.25, 0.3) is 5.91 Å². The molecular weight excluding hydrogens is 404 g/mol. The highest BCUT2D eigenvalue weighted by molar-refractivity contribution is 8.25. The number of hydrogen-bond donors (Lipinski definition) is 4. The van der Waals surface area contributed by atoms with E-state index in [1.165, 1.54) is 0 Å². The molecule has 0 spiro atoms. The van der Waals surface area contributed by atoms with Crippen molar-refractivity contribution in [2.45, 2.75) is 20.3 Å². The maximum atomic E-state index is 12.2. The second-order valence-corrected chi connectivity index (χ2v) is 9.77. The summed E-state index contributed by atoms with van der Waals surface area (Å²) in [5.41, 5.74) is 10.7. The van der Waals surface area contributed by atoms with Crippen molar-refractivity contribution in [2.24, 2.45) is 5.73 Å². The number of nitrogens with one attached hydrogen (secondary N) is 1. The van der Waals surface area contributed by atoms with Crippen LogP contribution in [0.5, 0.6) is 0 Å². The van der Waals surface area contributed by atoms with Crippen molar-refractivity contribution in [1.29, 1.82) is 0 Å². The third-order valence-corrected chi connectivity index (χ3v) is 7.63. The largest absolute Gasteiger partial charge is 0.366 e. The van der Waals surface area contributed by atoms with E-state index in [2.05, 4.69) is 10.1 Å². The van der Waals surface area contributed by atoms with Crippen molar-refractivity contribution < 1.29 is 18.4 Å². The van der Waals surface area contributed by atoms with E-state index in [-0.39, 0.29) is 0 Å². The summed E-state index contributed by atoms with van der Waals surface area (Å²) in [5.74, 6) is 0.516. The lowest BCUT2D eigenvalue weighted by Crippen LogP contribution is -2.21. The lowest BCUT2D eigenvalue weighted by molar-refractivity contribution is 0.100. The summed E-state index contributed by atoms with van der Waals surface area (Å²) in [6, 6.07) is 9.44. The summed E-state index contributed by atoms with van der Waals surface area (Å²) < 4.78 is 27.6. The average molecular weight is 426 g/mol. The van der Waals surface area contributed by atoms with Crippen LogP contribution >= 0.6 is 10.8 Å². The molecule has 1 aliphatic heterocycles. The molecule has 1 aliphatic rings. The monoisotopic (exact) mass is 426 g/mol. The number of amides is 1. The molecule has 0 atom stereocenters. The number of nitrogens with zero attached hydrogens (tertiary/aromatic N) is 2. The Bertz CT molecular complexity index is 1300. The Balaban J connectivity index is 1.75. The number of rotatable bonds is 3. The number of primary amides is 1. The van der Waals surface area contributed by atoms with Gasteiger partial charge < -0.3 is 15.2 Å². The van der Waals surface area contributed by atoms with E-state index in [9.17, 15) is 13.9 Å². The van der Waals surface area contributed by atoms with Gasteiger partial charge in [0.05, 0.1) is 28.2 Å². The zero-order chi connectivity index (χ0) is 21.2. The van der Waals surface area contributed by atoms with E-state index in [1.807, 2.05) is 38.1 Å².